The van der Waals surface area contributed by atoms with Gasteiger partial charge < -0.3 is 4.90 Å². The molecule has 3 rings (SSSR count). The van der Waals surface area contributed by atoms with Crippen molar-refractivity contribution < 1.29 is 4.79 Å². The Morgan fingerprint density at radius 3 is 2.52 bits per heavy atom. The lowest BCUT2D eigenvalue weighted by Gasteiger charge is -2.25. The zero-order valence-corrected chi connectivity index (χ0v) is 12.7. The van der Waals surface area contributed by atoms with Crippen molar-refractivity contribution in [1.82, 2.24) is 4.90 Å². The number of likely N-dealkylation sites (tertiary alicyclic amines) is 1. The van der Waals surface area contributed by atoms with Crippen LogP contribution in [0.5, 0.6) is 0 Å². The van der Waals surface area contributed by atoms with Crippen LogP contribution in [-0.4, -0.2) is 17.4 Å². The molecule has 21 heavy (non-hydrogen) atoms. The Morgan fingerprint density at radius 1 is 1.05 bits per heavy atom. The quantitative estimate of drug-likeness (QED) is 0.803. The molecule has 1 unspecified atom stereocenters. The van der Waals surface area contributed by atoms with Gasteiger partial charge in [-0.1, -0.05) is 36.4 Å². The molecule has 1 heterocycles. The molecule has 2 aromatic carbocycles. The molecule has 2 heteroatoms. The number of hydrogen-bond donors (Lipinski definition) is 0. The first kappa shape index (κ1) is 13.9. The van der Waals surface area contributed by atoms with Gasteiger partial charge in [-0.2, -0.15) is 0 Å². The smallest absolute Gasteiger partial charge is 0.254 e. The molecular formula is C19H21NO. The molecule has 0 spiro atoms. The Bertz CT molecular complexity index is 648. The predicted molar refractivity (Wildman–Crippen MR) is 85.4 cm³/mol. The van der Waals surface area contributed by atoms with Gasteiger partial charge in [0.25, 0.3) is 5.91 Å². The van der Waals surface area contributed by atoms with Crippen LogP contribution in [0.3, 0.4) is 0 Å². The molecule has 1 fully saturated rings. The average Bonchev–Trinajstić information content (AvgIpc) is 2.99. The summed E-state index contributed by atoms with van der Waals surface area (Å²) < 4.78 is 0. The average molecular weight is 279 g/mol. The van der Waals surface area contributed by atoms with Crippen LogP contribution in [0.1, 0.15) is 45.9 Å². The van der Waals surface area contributed by atoms with Crippen LogP contribution in [0, 0.1) is 13.8 Å². The van der Waals surface area contributed by atoms with Crippen molar-refractivity contribution >= 4 is 5.91 Å². The van der Waals surface area contributed by atoms with Crippen LogP contribution in [0.4, 0.5) is 0 Å². The highest BCUT2D eigenvalue weighted by molar-refractivity contribution is 5.95. The number of amides is 1. The van der Waals surface area contributed by atoms with Gasteiger partial charge in [0.05, 0.1) is 6.04 Å². The second kappa shape index (κ2) is 5.72. The zero-order valence-electron chi connectivity index (χ0n) is 12.7. The van der Waals surface area contributed by atoms with Gasteiger partial charge in [0, 0.05) is 12.1 Å². The van der Waals surface area contributed by atoms with Crippen LogP contribution < -0.4 is 0 Å². The summed E-state index contributed by atoms with van der Waals surface area (Å²) in [7, 11) is 0. The predicted octanol–water partition coefficient (Wildman–Crippen LogP) is 4.28. The van der Waals surface area contributed by atoms with Crippen LogP contribution in [0.25, 0.3) is 0 Å². The number of carbonyl (C=O) groups is 1. The first-order chi connectivity index (χ1) is 10.2. The summed E-state index contributed by atoms with van der Waals surface area (Å²) in [6, 6.07) is 16.6. The van der Waals surface area contributed by atoms with Crippen molar-refractivity contribution in [1.29, 1.82) is 0 Å². The van der Waals surface area contributed by atoms with E-state index in [1.165, 1.54) is 16.7 Å². The van der Waals surface area contributed by atoms with Crippen molar-refractivity contribution in [2.75, 3.05) is 6.54 Å². The Morgan fingerprint density at radius 2 is 1.81 bits per heavy atom. The largest absolute Gasteiger partial charge is 0.332 e. The van der Waals surface area contributed by atoms with E-state index < -0.39 is 0 Å². The van der Waals surface area contributed by atoms with Crippen molar-refractivity contribution in [3.05, 3.63) is 70.8 Å². The summed E-state index contributed by atoms with van der Waals surface area (Å²) in [5.41, 5.74) is 4.46. The fraction of sp³-hybridized carbons (Fsp3) is 0.316. The van der Waals surface area contributed by atoms with Gasteiger partial charge in [0.15, 0.2) is 0 Å². The van der Waals surface area contributed by atoms with Crippen LogP contribution in [-0.2, 0) is 0 Å². The van der Waals surface area contributed by atoms with Crippen LogP contribution >= 0.6 is 0 Å². The lowest BCUT2D eigenvalue weighted by Crippen LogP contribution is -2.30. The fourth-order valence-corrected chi connectivity index (χ4v) is 3.07. The van der Waals surface area contributed by atoms with Crippen molar-refractivity contribution in [3.8, 4) is 0 Å². The van der Waals surface area contributed by atoms with E-state index in [9.17, 15) is 4.79 Å². The third kappa shape index (κ3) is 2.71. The molecule has 108 valence electrons. The van der Waals surface area contributed by atoms with Crippen molar-refractivity contribution in [2.45, 2.75) is 32.7 Å². The highest BCUT2D eigenvalue weighted by Gasteiger charge is 2.30. The number of hydrogen-bond acceptors (Lipinski definition) is 1. The molecule has 0 aliphatic carbocycles. The van der Waals surface area contributed by atoms with Gasteiger partial charge in [-0.05, 0) is 55.5 Å². The molecule has 1 atom stereocenters. The summed E-state index contributed by atoms with van der Waals surface area (Å²) in [5, 5.41) is 0. The molecule has 0 bridgehead atoms. The molecule has 1 aliphatic rings. The van der Waals surface area contributed by atoms with Gasteiger partial charge in [-0.15, -0.1) is 0 Å². The summed E-state index contributed by atoms with van der Waals surface area (Å²) >= 11 is 0. The lowest BCUT2D eigenvalue weighted by atomic mass is 10.0. The van der Waals surface area contributed by atoms with Gasteiger partial charge >= 0.3 is 0 Å². The van der Waals surface area contributed by atoms with E-state index in [1.54, 1.807) is 0 Å². The van der Waals surface area contributed by atoms with E-state index >= 15 is 0 Å². The first-order valence-corrected chi connectivity index (χ1v) is 7.60. The second-order valence-corrected chi connectivity index (χ2v) is 5.87. The number of carbonyl (C=O) groups excluding carboxylic acids is 1. The Labute approximate surface area is 126 Å². The maximum absolute atomic E-state index is 12.8. The van der Waals surface area contributed by atoms with Gasteiger partial charge in [0.1, 0.15) is 0 Å². The third-order valence-corrected chi connectivity index (χ3v) is 4.45. The Hall–Kier alpha value is -2.09. The minimum atomic E-state index is 0.157. The topological polar surface area (TPSA) is 20.3 Å². The standard InChI is InChI=1S/C19H21NO/c1-14-10-11-17(13-15(14)2)19(21)20-12-6-9-18(20)16-7-4-3-5-8-16/h3-5,7-8,10-11,13,18H,6,9,12H2,1-2H3. The van der Waals surface area contributed by atoms with E-state index in [1.807, 2.05) is 41.3 Å². The summed E-state index contributed by atoms with van der Waals surface area (Å²) in [5.74, 6) is 0.157. The molecule has 1 aliphatic heterocycles. The summed E-state index contributed by atoms with van der Waals surface area (Å²) in [4.78, 5) is 14.8. The fourth-order valence-electron chi connectivity index (χ4n) is 3.07. The molecule has 0 saturated carbocycles. The molecule has 1 saturated heterocycles. The number of rotatable bonds is 2. The molecule has 0 radical (unpaired) electrons. The summed E-state index contributed by atoms with van der Waals surface area (Å²) in [6.45, 7) is 4.99. The van der Waals surface area contributed by atoms with Gasteiger partial charge in [0.2, 0.25) is 0 Å². The molecule has 1 amide bonds. The second-order valence-electron chi connectivity index (χ2n) is 5.87. The summed E-state index contributed by atoms with van der Waals surface area (Å²) in [6.07, 6.45) is 2.14. The highest BCUT2D eigenvalue weighted by Crippen LogP contribution is 2.33. The molecule has 0 aromatic heterocycles. The van der Waals surface area contributed by atoms with Gasteiger partial charge in [-0.25, -0.2) is 0 Å². The monoisotopic (exact) mass is 279 g/mol. The minimum absolute atomic E-state index is 0.157. The number of aryl methyl sites for hydroxylation is 2. The molecule has 0 N–H and O–H groups in total. The van der Waals surface area contributed by atoms with E-state index in [0.29, 0.717) is 0 Å². The normalized spacial score (nSPS) is 18.0. The van der Waals surface area contributed by atoms with Crippen LogP contribution in [0.15, 0.2) is 48.5 Å². The molecular weight excluding hydrogens is 258 g/mol. The maximum atomic E-state index is 12.8. The maximum Gasteiger partial charge on any atom is 0.254 e. The molecule has 2 aromatic rings. The third-order valence-electron chi connectivity index (χ3n) is 4.45. The Kier molecular flexibility index (Phi) is 3.78. The van der Waals surface area contributed by atoms with Crippen molar-refractivity contribution in [2.24, 2.45) is 0 Å². The Balaban J connectivity index is 1.88. The SMILES string of the molecule is Cc1ccc(C(=O)N2CCCC2c2ccccc2)cc1C. The zero-order chi connectivity index (χ0) is 14.8. The molecule has 2 nitrogen and oxygen atoms in total. The van der Waals surface area contributed by atoms with Gasteiger partial charge in [-0.3, -0.25) is 4.79 Å². The van der Waals surface area contributed by atoms with E-state index in [0.717, 1.165) is 24.9 Å². The van der Waals surface area contributed by atoms with E-state index in [4.69, 9.17) is 0 Å². The minimum Gasteiger partial charge on any atom is -0.332 e. The van der Waals surface area contributed by atoms with Crippen LogP contribution in [0.2, 0.25) is 0 Å². The van der Waals surface area contributed by atoms with E-state index in [-0.39, 0.29) is 11.9 Å². The lowest BCUT2D eigenvalue weighted by molar-refractivity contribution is 0.0735. The van der Waals surface area contributed by atoms with Crippen molar-refractivity contribution in [3.63, 3.8) is 0 Å². The highest BCUT2D eigenvalue weighted by atomic mass is 16.2. The number of nitrogens with zero attached hydrogens (tertiary/aromatic N) is 1. The number of benzene rings is 2. The van der Waals surface area contributed by atoms with E-state index in [2.05, 4.69) is 26.0 Å². The first-order valence-electron chi connectivity index (χ1n) is 7.60.